The predicted molar refractivity (Wildman–Crippen MR) is 74.7 cm³/mol. The summed E-state index contributed by atoms with van der Waals surface area (Å²) in [5, 5.41) is 4.65. The van der Waals surface area contributed by atoms with Crippen molar-refractivity contribution < 1.29 is 4.79 Å². The second-order valence-corrected chi connectivity index (χ2v) is 4.92. The molecule has 0 aliphatic heterocycles. The monoisotopic (exact) mass is 303 g/mol. The van der Waals surface area contributed by atoms with Gasteiger partial charge < -0.3 is 10.3 Å². The SMILES string of the molecule is CNC(=O)c1cc2c(cn1)[nH]c1ccc(Br)cc12. The summed E-state index contributed by atoms with van der Waals surface area (Å²) in [5.41, 5.74) is 2.38. The Hall–Kier alpha value is -1.88. The second-order valence-electron chi connectivity index (χ2n) is 4.01. The zero-order chi connectivity index (χ0) is 12.7. The zero-order valence-electron chi connectivity index (χ0n) is 9.62. The summed E-state index contributed by atoms with van der Waals surface area (Å²) in [4.78, 5) is 19.0. The molecule has 2 heterocycles. The average molecular weight is 304 g/mol. The number of pyridine rings is 1. The van der Waals surface area contributed by atoms with Crippen molar-refractivity contribution in [3.63, 3.8) is 0 Å². The van der Waals surface area contributed by atoms with E-state index in [1.807, 2.05) is 18.2 Å². The molecule has 3 rings (SSSR count). The van der Waals surface area contributed by atoms with Crippen LogP contribution < -0.4 is 5.32 Å². The highest BCUT2D eigenvalue weighted by molar-refractivity contribution is 9.10. The number of carbonyl (C=O) groups is 1. The highest BCUT2D eigenvalue weighted by Crippen LogP contribution is 2.27. The lowest BCUT2D eigenvalue weighted by molar-refractivity contribution is 0.0958. The number of nitrogens with zero attached hydrogens (tertiary/aromatic N) is 1. The maximum Gasteiger partial charge on any atom is 0.269 e. The van der Waals surface area contributed by atoms with Crippen LogP contribution in [0.4, 0.5) is 0 Å². The molecule has 2 N–H and O–H groups in total. The van der Waals surface area contributed by atoms with Crippen molar-refractivity contribution >= 4 is 43.6 Å². The molecule has 3 aromatic rings. The van der Waals surface area contributed by atoms with Crippen molar-refractivity contribution in [2.45, 2.75) is 0 Å². The van der Waals surface area contributed by atoms with E-state index >= 15 is 0 Å². The van der Waals surface area contributed by atoms with Crippen molar-refractivity contribution in [1.29, 1.82) is 0 Å². The highest BCUT2D eigenvalue weighted by atomic mass is 79.9. The molecule has 1 aromatic carbocycles. The molecule has 90 valence electrons. The Morgan fingerprint density at radius 3 is 2.83 bits per heavy atom. The fraction of sp³-hybridized carbons (Fsp3) is 0.0769. The van der Waals surface area contributed by atoms with Crippen molar-refractivity contribution in [1.82, 2.24) is 15.3 Å². The van der Waals surface area contributed by atoms with E-state index in [0.717, 1.165) is 26.3 Å². The Labute approximate surface area is 112 Å². The average Bonchev–Trinajstić information content (AvgIpc) is 2.75. The van der Waals surface area contributed by atoms with Crippen molar-refractivity contribution in [2.75, 3.05) is 7.05 Å². The normalized spacial score (nSPS) is 11.0. The first-order valence-corrected chi connectivity index (χ1v) is 6.27. The summed E-state index contributed by atoms with van der Waals surface area (Å²) in [7, 11) is 1.60. The maximum atomic E-state index is 11.6. The van der Waals surface area contributed by atoms with Crippen molar-refractivity contribution in [3.05, 3.63) is 40.6 Å². The second kappa shape index (κ2) is 4.10. The van der Waals surface area contributed by atoms with E-state index in [0.29, 0.717) is 5.69 Å². The van der Waals surface area contributed by atoms with Crippen molar-refractivity contribution in [3.8, 4) is 0 Å². The van der Waals surface area contributed by atoms with Crippen LogP contribution in [0.2, 0.25) is 0 Å². The van der Waals surface area contributed by atoms with Crippen LogP contribution in [-0.2, 0) is 0 Å². The highest BCUT2D eigenvalue weighted by Gasteiger charge is 2.10. The Bertz CT molecular complexity index is 763. The Balaban J connectivity index is 2.34. The van der Waals surface area contributed by atoms with E-state index in [-0.39, 0.29) is 5.91 Å². The van der Waals surface area contributed by atoms with Gasteiger partial charge in [0.2, 0.25) is 0 Å². The first-order valence-electron chi connectivity index (χ1n) is 5.48. The summed E-state index contributed by atoms with van der Waals surface area (Å²) >= 11 is 3.46. The van der Waals surface area contributed by atoms with Gasteiger partial charge in [0.25, 0.3) is 5.91 Å². The van der Waals surface area contributed by atoms with E-state index in [4.69, 9.17) is 0 Å². The summed E-state index contributed by atoms with van der Waals surface area (Å²) in [5.74, 6) is -0.179. The molecule has 0 atom stereocenters. The zero-order valence-corrected chi connectivity index (χ0v) is 11.2. The number of benzene rings is 1. The van der Waals surface area contributed by atoms with Crippen LogP contribution in [0.1, 0.15) is 10.5 Å². The van der Waals surface area contributed by atoms with Crippen molar-refractivity contribution in [2.24, 2.45) is 0 Å². The van der Waals surface area contributed by atoms with Crippen LogP contribution in [0.3, 0.4) is 0 Å². The number of amides is 1. The Morgan fingerprint density at radius 1 is 1.28 bits per heavy atom. The van der Waals surface area contributed by atoms with Gasteiger partial charge in [0, 0.05) is 27.8 Å². The lowest BCUT2D eigenvalue weighted by Gasteiger charge is -1.98. The molecule has 0 saturated heterocycles. The predicted octanol–water partition coefficient (Wildman–Crippen LogP) is 2.84. The minimum absolute atomic E-state index is 0.179. The van der Waals surface area contributed by atoms with Gasteiger partial charge in [-0.3, -0.25) is 4.79 Å². The molecule has 0 bridgehead atoms. The quantitative estimate of drug-likeness (QED) is 0.726. The number of aromatic nitrogens is 2. The molecule has 18 heavy (non-hydrogen) atoms. The Kier molecular flexibility index (Phi) is 2.56. The van der Waals surface area contributed by atoms with Gasteiger partial charge in [-0.15, -0.1) is 0 Å². The summed E-state index contributed by atoms with van der Waals surface area (Å²) in [6, 6.07) is 7.81. The van der Waals surface area contributed by atoms with Crippen LogP contribution in [0.5, 0.6) is 0 Å². The van der Waals surface area contributed by atoms with Gasteiger partial charge in [-0.1, -0.05) is 15.9 Å². The van der Waals surface area contributed by atoms with Gasteiger partial charge in [0.05, 0.1) is 11.7 Å². The van der Waals surface area contributed by atoms with Gasteiger partial charge in [-0.05, 0) is 24.3 Å². The number of nitrogens with one attached hydrogen (secondary N) is 2. The maximum absolute atomic E-state index is 11.6. The number of carbonyl (C=O) groups excluding carboxylic acids is 1. The molecule has 0 radical (unpaired) electrons. The van der Waals surface area contributed by atoms with Crippen LogP contribution in [0.25, 0.3) is 21.8 Å². The molecule has 0 spiro atoms. The summed E-state index contributed by atoms with van der Waals surface area (Å²) in [6.45, 7) is 0. The number of rotatable bonds is 1. The summed E-state index contributed by atoms with van der Waals surface area (Å²) < 4.78 is 1.01. The summed E-state index contributed by atoms with van der Waals surface area (Å²) in [6.07, 6.45) is 1.69. The fourth-order valence-electron chi connectivity index (χ4n) is 2.02. The molecule has 1 amide bonds. The molecule has 5 heteroatoms. The lowest BCUT2D eigenvalue weighted by Crippen LogP contribution is -2.18. The van der Waals surface area contributed by atoms with Gasteiger partial charge in [-0.2, -0.15) is 0 Å². The van der Waals surface area contributed by atoms with Gasteiger partial charge in [0.15, 0.2) is 0 Å². The molecule has 0 unspecified atom stereocenters. The number of aromatic amines is 1. The van der Waals surface area contributed by atoms with E-state index in [2.05, 4.69) is 31.2 Å². The van der Waals surface area contributed by atoms with Gasteiger partial charge in [-0.25, -0.2) is 4.98 Å². The number of fused-ring (bicyclic) bond motifs is 3. The topological polar surface area (TPSA) is 57.8 Å². The minimum atomic E-state index is -0.179. The molecule has 0 aliphatic rings. The first kappa shape index (κ1) is 11.2. The van der Waals surface area contributed by atoms with E-state index in [9.17, 15) is 4.79 Å². The third-order valence-corrected chi connectivity index (χ3v) is 3.40. The number of halogens is 1. The first-order chi connectivity index (χ1) is 8.69. The van der Waals surface area contributed by atoms with E-state index in [1.165, 1.54) is 0 Å². The number of hydrogen-bond donors (Lipinski definition) is 2. The van der Waals surface area contributed by atoms with Crippen LogP contribution in [0, 0.1) is 0 Å². The number of hydrogen-bond acceptors (Lipinski definition) is 2. The molecule has 0 fully saturated rings. The van der Waals surface area contributed by atoms with Crippen LogP contribution in [0.15, 0.2) is 34.9 Å². The molecular weight excluding hydrogens is 294 g/mol. The van der Waals surface area contributed by atoms with Crippen LogP contribution >= 0.6 is 15.9 Å². The van der Waals surface area contributed by atoms with Gasteiger partial charge >= 0.3 is 0 Å². The molecule has 2 aromatic heterocycles. The standard InChI is InChI=1S/C13H10BrN3O/c1-15-13(18)11-5-9-8-4-7(14)2-3-10(8)17-12(9)6-16-11/h2-6,17H,1H3,(H,15,18). The molecule has 0 saturated carbocycles. The molecule has 4 nitrogen and oxygen atoms in total. The third-order valence-electron chi connectivity index (χ3n) is 2.90. The Morgan fingerprint density at radius 2 is 2.06 bits per heavy atom. The van der Waals surface area contributed by atoms with Gasteiger partial charge in [0.1, 0.15) is 5.69 Å². The largest absolute Gasteiger partial charge is 0.354 e. The number of H-pyrrole nitrogens is 1. The fourth-order valence-corrected chi connectivity index (χ4v) is 2.38. The molecular formula is C13H10BrN3O. The minimum Gasteiger partial charge on any atom is -0.354 e. The molecule has 0 aliphatic carbocycles. The third kappa shape index (κ3) is 1.67. The van der Waals surface area contributed by atoms with Crippen LogP contribution in [-0.4, -0.2) is 22.9 Å². The lowest BCUT2D eigenvalue weighted by atomic mass is 10.1. The smallest absolute Gasteiger partial charge is 0.269 e. The van der Waals surface area contributed by atoms with E-state index < -0.39 is 0 Å². The van der Waals surface area contributed by atoms with E-state index in [1.54, 1.807) is 19.3 Å².